The average molecular weight is 260 g/mol. The van der Waals surface area contributed by atoms with Crippen molar-refractivity contribution in [3.8, 4) is 0 Å². The maximum Gasteiger partial charge on any atom is 0.455 e. The zero-order chi connectivity index (χ0) is 13.9. The van der Waals surface area contributed by atoms with Gasteiger partial charge in [-0.2, -0.15) is 18.0 Å². The number of rotatable bonds is 4. The van der Waals surface area contributed by atoms with Crippen LogP contribution in [0.25, 0.3) is 0 Å². The van der Waals surface area contributed by atoms with Gasteiger partial charge in [0.1, 0.15) is 0 Å². The fraction of sp³-hybridized carbons (Fsp3) is 0.400. The van der Waals surface area contributed by atoms with E-state index >= 15 is 0 Å². The largest absolute Gasteiger partial charge is 0.455 e. The van der Waals surface area contributed by atoms with Crippen LogP contribution < -0.4 is 0 Å². The molecule has 0 spiro atoms. The van der Waals surface area contributed by atoms with Crippen LogP contribution in [0.4, 0.5) is 13.2 Å². The van der Waals surface area contributed by atoms with E-state index in [0.717, 1.165) is 4.80 Å². The zero-order valence-electron chi connectivity index (χ0n) is 9.82. The Morgan fingerprint density at radius 3 is 2.50 bits per heavy atom. The molecular weight excluding hydrogens is 249 g/mol. The van der Waals surface area contributed by atoms with Crippen molar-refractivity contribution in [1.82, 2.24) is 20.2 Å². The third-order valence-corrected chi connectivity index (χ3v) is 2.03. The van der Waals surface area contributed by atoms with Gasteiger partial charge in [0.15, 0.2) is 5.78 Å². The third kappa shape index (κ3) is 3.79. The molecule has 0 amide bonds. The molecule has 0 aliphatic carbocycles. The minimum Gasteiger partial charge on any atom is -0.295 e. The summed E-state index contributed by atoms with van der Waals surface area (Å²) in [6.07, 6.45) is -3.15. The molecule has 1 rings (SSSR count). The van der Waals surface area contributed by atoms with Crippen LogP contribution in [0.15, 0.2) is 23.8 Å². The lowest BCUT2D eigenvalue weighted by Gasteiger charge is -2.00. The van der Waals surface area contributed by atoms with E-state index in [1.165, 1.54) is 13.0 Å². The summed E-state index contributed by atoms with van der Waals surface area (Å²) in [4.78, 5) is 11.7. The summed E-state index contributed by atoms with van der Waals surface area (Å²) in [5, 5.41) is 9.31. The number of allylic oxidation sites excluding steroid dienone is 3. The fourth-order valence-corrected chi connectivity index (χ4v) is 1.06. The topological polar surface area (TPSA) is 60.7 Å². The molecule has 98 valence electrons. The summed E-state index contributed by atoms with van der Waals surface area (Å²) in [5.41, 5.74) is 0.866. The molecule has 0 saturated heterocycles. The van der Waals surface area contributed by atoms with Crippen LogP contribution in [-0.4, -0.2) is 26.0 Å². The Morgan fingerprint density at radius 2 is 2.06 bits per heavy atom. The first kappa shape index (κ1) is 14.1. The van der Waals surface area contributed by atoms with Crippen molar-refractivity contribution in [3.05, 3.63) is 29.6 Å². The van der Waals surface area contributed by atoms with Crippen molar-refractivity contribution in [3.63, 3.8) is 0 Å². The number of carbonyl (C=O) groups excluding carboxylic acids is 1. The standard InChI is InChI=1S/C10H11F3N4O/c1-6(4-7(2)8(3)18)5-17-15-9(14-16-17)10(11,12)13/h4H,1,5H2,2-3H3/b7-4+. The monoisotopic (exact) mass is 260 g/mol. The van der Waals surface area contributed by atoms with Crippen LogP contribution in [0.2, 0.25) is 0 Å². The van der Waals surface area contributed by atoms with Gasteiger partial charge < -0.3 is 0 Å². The highest BCUT2D eigenvalue weighted by Gasteiger charge is 2.36. The molecule has 8 heteroatoms. The van der Waals surface area contributed by atoms with Crippen molar-refractivity contribution < 1.29 is 18.0 Å². The zero-order valence-corrected chi connectivity index (χ0v) is 9.82. The van der Waals surface area contributed by atoms with Gasteiger partial charge >= 0.3 is 6.18 Å². The SMILES string of the molecule is C=C(/C=C(\C)C(C)=O)Cn1nnc(C(F)(F)F)n1. The number of nitrogens with zero attached hydrogens (tertiary/aromatic N) is 4. The summed E-state index contributed by atoms with van der Waals surface area (Å²) in [5.74, 6) is -1.44. The van der Waals surface area contributed by atoms with Gasteiger partial charge in [-0.05, 0) is 30.2 Å². The Morgan fingerprint density at radius 1 is 1.44 bits per heavy atom. The second-order valence-electron chi connectivity index (χ2n) is 3.68. The Balaban J connectivity index is 2.75. The Bertz CT molecular complexity index is 501. The van der Waals surface area contributed by atoms with Crippen LogP contribution in [0.5, 0.6) is 0 Å². The number of alkyl halides is 3. The lowest BCUT2D eigenvalue weighted by atomic mass is 10.1. The lowest BCUT2D eigenvalue weighted by molar-refractivity contribution is -0.145. The van der Waals surface area contributed by atoms with Gasteiger partial charge in [-0.3, -0.25) is 4.79 Å². The van der Waals surface area contributed by atoms with E-state index in [1.54, 1.807) is 6.92 Å². The summed E-state index contributed by atoms with van der Waals surface area (Å²) in [6.45, 7) is 6.51. The van der Waals surface area contributed by atoms with Crippen LogP contribution in [0.1, 0.15) is 19.7 Å². The van der Waals surface area contributed by atoms with Crippen LogP contribution in [0.3, 0.4) is 0 Å². The Hall–Kier alpha value is -1.99. The number of aromatic nitrogens is 4. The summed E-state index contributed by atoms with van der Waals surface area (Å²) < 4.78 is 36.6. The first-order valence-electron chi connectivity index (χ1n) is 4.92. The highest BCUT2D eigenvalue weighted by Crippen LogP contribution is 2.24. The molecule has 0 aliphatic heterocycles. The van der Waals surface area contributed by atoms with Crippen LogP contribution in [0, 0.1) is 0 Å². The van der Waals surface area contributed by atoms with E-state index in [9.17, 15) is 18.0 Å². The van der Waals surface area contributed by atoms with Crippen molar-refractivity contribution in [2.45, 2.75) is 26.6 Å². The van der Waals surface area contributed by atoms with Gasteiger partial charge in [0.2, 0.25) is 0 Å². The maximum absolute atomic E-state index is 12.2. The third-order valence-electron chi connectivity index (χ3n) is 2.03. The van der Waals surface area contributed by atoms with E-state index in [2.05, 4.69) is 22.0 Å². The molecular formula is C10H11F3N4O. The minimum absolute atomic E-state index is 0.0618. The van der Waals surface area contributed by atoms with Crippen molar-refractivity contribution >= 4 is 5.78 Å². The highest BCUT2D eigenvalue weighted by atomic mass is 19.4. The quantitative estimate of drug-likeness (QED) is 0.611. The smallest absolute Gasteiger partial charge is 0.295 e. The van der Waals surface area contributed by atoms with Gasteiger partial charge in [0.25, 0.3) is 5.82 Å². The van der Waals surface area contributed by atoms with E-state index in [-0.39, 0.29) is 12.3 Å². The summed E-state index contributed by atoms with van der Waals surface area (Å²) >= 11 is 0. The number of ketones is 1. The van der Waals surface area contributed by atoms with Crippen molar-refractivity contribution in [2.75, 3.05) is 0 Å². The molecule has 18 heavy (non-hydrogen) atoms. The average Bonchev–Trinajstić information content (AvgIpc) is 2.64. The molecule has 0 unspecified atom stereocenters. The van der Waals surface area contributed by atoms with Crippen LogP contribution >= 0.6 is 0 Å². The second-order valence-corrected chi connectivity index (χ2v) is 3.68. The predicted octanol–water partition coefficient (Wildman–Crippen LogP) is 1.78. The second kappa shape index (κ2) is 5.11. The normalized spacial score (nSPS) is 12.6. The van der Waals surface area contributed by atoms with Crippen molar-refractivity contribution in [1.29, 1.82) is 0 Å². The molecule has 0 bridgehead atoms. The van der Waals surface area contributed by atoms with Crippen LogP contribution in [-0.2, 0) is 17.5 Å². The number of hydrogen-bond acceptors (Lipinski definition) is 4. The van der Waals surface area contributed by atoms with Gasteiger partial charge in [-0.1, -0.05) is 12.7 Å². The van der Waals surface area contributed by atoms with Gasteiger partial charge in [0.05, 0.1) is 6.54 Å². The molecule has 0 aromatic carbocycles. The number of Topliss-reactive ketones (excluding diaryl/α,β-unsaturated/α-hetero) is 1. The van der Waals surface area contributed by atoms with E-state index in [4.69, 9.17) is 0 Å². The van der Waals surface area contributed by atoms with Gasteiger partial charge in [-0.15, -0.1) is 10.2 Å². The molecule has 0 saturated carbocycles. The predicted molar refractivity (Wildman–Crippen MR) is 56.4 cm³/mol. The number of halogens is 3. The number of carbonyl (C=O) groups is 1. The van der Waals surface area contributed by atoms with E-state index in [1.807, 2.05) is 0 Å². The van der Waals surface area contributed by atoms with E-state index in [0.29, 0.717) is 11.1 Å². The number of tetrazole rings is 1. The molecule has 1 aromatic rings. The van der Waals surface area contributed by atoms with Gasteiger partial charge in [0, 0.05) is 0 Å². The summed E-state index contributed by atoms with van der Waals surface area (Å²) in [7, 11) is 0. The minimum atomic E-state index is -4.62. The summed E-state index contributed by atoms with van der Waals surface area (Å²) in [6, 6.07) is 0. The fourth-order valence-electron chi connectivity index (χ4n) is 1.06. The lowest BCUT2D eigenvalue weighted by Crippen LogP contribution is -2.09. The Kier molecular flexibility index (Phi) is 4.00. The molecule has 0 radical (unpaired) electrons. The molecule has 0 atom stereocenters. The Labute approximate surface area is 101 Å². The first-order valence-corrected chi connectivity index (χ1v) is 4.92. The first-order chi connectivity index (χ1) is 8.20. The molecule has 5 nitrogen and oxygen atoms in total. The van der Waals surface area contributed by atoms with Gasteiger partial charge in [-0.25, -0.2) is 0 Å². The molecule has 0 aliphatic rings. The molecule has 0 fully saturated rings. The molecule has 0 N–H and O–H groups in total. The maximum atomic E-state index is 12.2. The van der Waals surface area contributed by atoms with E-state index < -0.39 is 12.0 Å². The highest BCUT2D eigenvalue weighted by molar-refractivity contribution is 5.93. The molecule has 1 heterocycles. The van der Waals surface area contributed by atoms with Crippen molar-refractivity contribution in [2.24, 2.45) is 0 Å². The number of hydrogen-bond donors (Lipinski definition) is 0. The molecule has 1 aromatic heterocycles.